The lowest BCUT2D eigenvalue weighted by Crippen LogP contribution is -2.47. The smallest absolute Gasteiger partial charge is 0.480 e. The molecule has 2 unspecified atom stereocenters. The van der Waals surface area contributed by atoms with Crippen molar-refractivity contribution in [1.29, 1.82) is 0 Å². The minimum absolute atomic E-state index is 0.138. The van der Waals surface area contributed by atoms with Crippen LogP contribution >= 0.6 is 11.3 Å². The van der Waals surface area contributed by atoms with Crippen LogP contribution in [-0.4, -0.2) is 52.7 Å². The highest BCUT2D eigenvalue weighted by Crippen LogP contribution is 2.32. The molecule has 0 bridgehead atoms. The number of halogens is 3. The van der Waals surface area contributed by atoms with E-state index in [0.717, 1.165) is 17.0 Å². The number of carbonyl (C=O) groups excluding carboxylic acids is 2. The number of anilines is 1. The Labute approximate surface area is 192 Å². The lowest BCUT2D eigenvalue weighted by Gasteiger charge is -2.27. The van der Waals surface area contributed by atoms with E-state index >= 15 is 0 Å². The molecule has 0 radical (unpaired) electrons. The van der Waals surface area contributed by atoms with Crippen LogP contribution < -0.4 is 10.1 Å². The fraction of sp³-hybridized carbons (Fsp3) is 0.409. The Hall–Kier alpha value is -2.92. The summed E-state index contributed by atoms with van der Waals surface area (Å²) < 4.78 is 40.9. The van der Waals surface area contributed by atoms with Gasteiger partial charge in [-0.05, 0) is 63.1 Å². The summed E-state index contributed by atoms with van der Waals surface area (Å²) in [6.07, 6.45) is -3.09. The third-order valence-electron chi connectivity index (χ3n) is 5.42. The number of rotatable bonds is 8. The molecule has 1 amide bonds. The van der Waals surface area contributed by atoms with Gasteiger partial charge in [-0.15, -0.1) is 24.5 Å². The molecule has 2 atom stereocenters. The second-order valence-electron chi connectivity index (χ2n) is 7.61. The molecule has 33 heavy (non-hydrogen) atoms. The number of likely N-dealkylation sites (tertiary alicyclic amines) is 1. The molecule has 1 aromatic heterocycles. The lowest BCUT2D eigenvalue weighted by atomic mass is 10.0. The van der Waals surface area contributed by atoms with Gasteiger partial charge in [0.05, 0.1) is 11.6 Å². The number of hydrogen-bond acceptors (Lipinski definition) is 6. The Morgan fingerprint density at radius 3 is 2.52 bits per heavy atom. The summed E-state index contributed by atoms with van der Waals surface area (Å²) in [5.74, 6) is -2.32. The second kappa shape index (κ2) is 9.92. The number of benzene rings is 1. The first-order valence-corrected chi connectivity index (χ1v) is 11.1. The number of ketones is 1. The number of carboxylic acids is 1. The van der Waals surface area contributed by atoms with Crippen LogP contribution in [0.25, 0.3) is 0 Å². The maximum Gasteiger partial charge on any atom is 0.573 e. The summed E-state index contributed by atoms with van der Waals surface area (Å²) in [5, 5.41) is 12.4. The van der Waals surface area contributed by atoms with E-state index < -0.39 is 41.9 Å². The van der Waals surface area contributed by atoms with Gasteiger partial charge in [-0.1, -0.05) is 6.92 Å². The van der Waals surface area contributed by atoms with E-state index in [1.807, 2.05) is 6.92 Å². The molecule has 2 aromatic rings. The highest BCUT2D eigenvalue weighted by Gasteiger charge is 2.37. The van der Waals surface area contributed by atoms with Crippen LogP contribution in [-0.2, 0) is 16.0 Å². The first kappa shape index (κ1) is 24.7. The second-order valence-corrected chi connectivity index (χ2v) is 8.75. The lowest BCUT2D eigenvalue weighted by molar-refractivity contribution is -0.274. The topological polar surface area (TPSA) is 95.9 Å². The Morgan fingerprint density at radius 2 is 1.94 bits per heavy atom. The normalized spacial score (nSPS) is 17.5. The number of carboxylic acid groups (broad SMARTS) is 1. The fourth-order valence-corrected chi connectivity index (χ4v) is 4.72. The van der Waals surface area contributed by atoms with E-state index in [1.165, 1.54) is 23.5 Å². The number of ether oxygens (including phenoxy) is 1. The zero-order valence-corrected chi connectivity index (χ0v) is 18.8. The Bertz CT molecular complexity index is 1040. The number of hydrogen-bond donors (Lipinski definition) is 2. The van der Waals surface area contributed by atoms with Crippen molar-refractivity contribution >= 4 is 34.0 Å². The zero-order chi connectivity index (χ0) is 24.3. The minimum Gasteiger partial charge on any atom is -0.480 e. The van der Waals surface area contributed by atoms with Crippen LogP contribution in [0.1, 0.15) is 47.5 Å². The molecule has 11 heteroatoms. The molecule has 178 valence electrons. The van der Waals surface area contributed by atoms with E-state index in [9.17, 15) is 32.7 Å². The van der Waals surface area contributed by atoms with Gasteiger partial charge in [-0.25, -0.2) is 0 Å². The first-order valence-electron chi connectivity index (χ1n) is 10.3. The Balaban J connectivity index is 1.79. The molecule has 1 saturated heterocycles. The van der Waals surface area contributed by atoms with E-state index in [1.54, 1.807) is 17.9 Å². The minimum atomic E-state index is -4.84. The maximum atomic E-state index is 13.0. The molecule has 3 rings (SSSR count). The maximum absolute atomic E-state index is 13.0. The van der Waals surface area contributed by atoms with Crippen molar-refractivity contribution in [1.82, 2.24) is 4.90 Å². The zero-order valence-electron chi connectivity index (χ0n) is 17.9. The number of aliphatic carboxylic acids is 1. The van der Waals surface area contributed by atoms with E-state index in [-0.39, 0.29) is 11.1 Å². The van der Waals surface area contributed by atoms with Gasteiger partial charge < -0.3 is 15.2 Å². The molecule has 0 saturated carbocycles. The highest BCUT2D eigenvalue weighted by atomic mass is 32.1. The van der Waals surface area contributed by atoms with Gasteiger partial charge in [-0.3, -0.25) is 19.3 Å². The van der Waals surface area contributed by atoms with Gasteiger partial charge in [0.2, 0.25) is 5.91 Å². The number of aryl methyl sites for hydroxylation is 1. The third kappa shape index (κ3) is 5.91. The summed E-state index contributed by atoms with van der Waals surface area (Å²) in [5.41, 5.74) is 0.358. The average molecular weight is 484 g/mol. The summed E-state index contributed by atoms with van der Waals surface area (Å²) in [6, 6.07) is 4.73. The number of nitrogens with zero attached hydrogens (tertiary/aromatic N) is 1. The van der Waals surface area contributed by atoms with Gasteiger partial charge in [-0.2, -0.15) is 0 Å². The van der Waals surface area contributed by atoms with Crippen molar-refractivity contribution in [3.63, 3.8) is 0 Å². The van der Waals surface area contributed by atoms with Gasteiger partial charge >= 0.3 is 12.3 Å². The molecule has 1 aromatic carbocycles. The molecule has 1 aliphatic heterocycles. The van der Waals surface area contributed by atoms with Gasteiger partial charge in [0, 0.05) is 10.4 Å². The molecular weight excluding hydrogens is 461 g/mol. The molecular formula is C22H23F3N2O5S. The van der Waals surface area contributed by atoms with E-state index in [2.05, 4.69) is 10.1 Å². The largest absolute Gasteiger partial charge is 0.573 e. The van der Waals surface area contributed by atoms with Crippen molar-refractivity contribution in [3.8, 4) is 5.75 Å². The summed E-state index contributed by atoms with van der Waals surface area (Å²) in [7, 11) is 0. The fourth-order valence-electron chi connectivity index (χ4n) is 3.73. The van der Waals surface area contributed by atoms with Crippen molar-refractivity contribution in [2.75, 3.05) is 11.9 Å². The van der Waals surface area contributed by atoms with Crippen LogP contribution in [0.3, 0.4) is 0 Å². The van der Waals surface area contributed by atoms with Crippen molar-refractivity contribution in [2.45, 2.75) is 51.6 Å². The molecule has 1 fully saturated rings. The molecule has 2 heterocycles. The molecule has 1 aliphatic rings. The average Bonchev–Trinajstić information content (AvgIpc) is 3.39. The van der Waals surface area contributed by atoms with E-state index in [0.29, 0.717) is 30.8 Å². The summed E-state index contributed by atoms with van der Waals surface area (Å²) in [6.45, 7) is 3.99. The van der Waals surface area contributed by atoms with Crippen molar-refractivity contribution in [3.05, 3.63) is 46.3 Å². The Kier molecular flexibility index (Phi) is 7.43. The highest BCUT2D eigenvalue weighted by molar-refractivity contribution is 7.16. The SMILES string of the molecule is CCc1cc(C(=O)c2ccc(OC(F)(F)F)cc2)c(NC(=O)C(C)N2CCCC2C(=O)O)s1. The number of amides is 1. The summed E-state index contributed by atoms with van der Waals surface area (Å²) >= 11 is 1.23. The van der Waals surface area contributed by atoms with E-state index in [4.69, 9.17) is 0 Å². The van der Waals surface area contributed by atoms with Gasteiger partial charge in [0.1, 0.15) is 16.8 Å². The number of thiophene rings is 1. The summed E-state index contributed by atoms with van der Waals surface area (Å²) in [4.78, 5) is 39.8. The van der Waals surface area contributed by atoms with Crippen LogP contribution in [0.15, 0.2) is 30.3 Å². The Morgan fingerprint density at radius 1 is 1.27 bits per heavy atom. The van der Waals surface area contributed by atoms with Gasteiger partial charge in [0.25, 0.3) is 0 Å². The van der Waals surface area contributed by atoms with Crippen LogP contribution in [0.5, 0.6) is 5.75 Å². The molecule has 7 nitrogen and oxygen atoms in total. The molecule has 2 N–H and O–H groups in total. The van der Waals surface area contributed by atoms with Crippen LogP contribution in [0, 0.1) is 0 Å². The van der Waals surface area contributed by atoms with Crippen molar-refractivity contribution < 1.29 is 37.4 Å². The first-order chi connectivity index (χ1) is 15.5. The molecule has 0 aliphatic carbocycles. The standard InChI is InChI=1S/C22H23F3N2O5S/c1-3-15-11-16(18(28)13-6-8-14(9-7-13)32-22(23,24)25)20(33-15)26-19(29)12(2)27-10-4-5-17(27)21(30)31/h6-9,11-12,17H,3-5,10H2,1-2H3,(H,26,29)(H,30,31). The van der Waals surface area contributed by atoms with Gasteiger partial charge in [0.15, 0.2) is 5.78 Å². The quantitative estimate of drug-likeness (QED) is 0.542. The number of nitrogens with one attached hydrogen (secondary N) is 1. The third-order valence-corrected chi connectivity index (χ3v) is 6.61. The predicted molar refractivity (Wildman–Crippen MR) is 116 cm³/mol. The number of carbonyl (C=O) groups is 3. The molecule has 0 spiro atoms. The van der Waals surface area contributed by atoms with Crippen molar-refractivity contribution in [2.24, 2.45) is 0 Å². The monoisotopic (exact) mass is 484 g/mol. The number of alkyl halides is 3. The predicted octanol–water partition coefficient (Wildman–Crippen LogP) is 4.32. The van der Waals surface area contributed by atoms with Crippen LogP contribution in [0.4, 0.5) is 18.2 Å². The van der Waals surface area contributed by atoms with Crippen LogP contribution in [0.2, 0.25) is 0 Å².